The Kier molecular flexibility index (Phi) is 4.23. The quantitative estimate of drug-likeness (QED) is 0.699. The SMILES string of the molecule is CN(C)c1ccc2[nH]c(O)c(C=Nc3ccc(S([NH])(=O)=O)cc3)c2c1. The Morgan fingerprint density at radius 3 is 2.44 bits per heavy atom. The zero-order chi connectivity index (χ0) is 18.2. The molecule has 0 saturated heterocycles. The van der Waals surface area contributed by atoms with Gasteiger partial charge in [0, 0.05) is 36.9 Å². The number of aromatic amines is 1. The molecule has 0 aliphatic heterocycles. The third-order valence-electron chi connectivity index (χ3n) is 3.81. The highest BCUT2D eigenvalue weighted by molar-refractivity contribution is 7.88. The van der Waals surface area contributed by atoms with Crippen LogP contribution in [-0.2, 0) is 10.0 Å². The standard InChI is InChI=1S/C17H17N4O3S/c1-21(2)12-5-8-16-14(9-12)15(17(22)20-16)10-19-11-3-6-13(7-4-11)25(18,23)24/h3-10,18,20,22H,1-2H3. The highest BCUT2D eigenvalue weighted by Crippen LogP contribution is 2.29. The van der Waals surface area contributed by atoms with Crippen molar-refractivity contribution in [3.63, 3.8) is 0 Å². The van der Waals surface area contributed by atoms with Crippen LogP contribution in [0.25, 0.3) is 10.9 Å². The van der Waals surface area contributed by atoms with Crippen LogP contribution < -0.4 is 10.0 Å². The molecule has 0 unspecified atom stereocenters. The normalized spacial score (nSPS) is 12.1. The molecule has 0 spiro atoms. The summed E-state index contributed by atoms with van der Waals surface area (Å²) >= 11 is 0. The Morgan fingerprint density at radius 1 is 1.16 bits per heavy atom. The van der Waals surface area contributed by atoms with Crippen LogP contribution in [0.5, 0.6) is 5.88 Å². The molecule has 7 nitrogen and oxygen atoms in total. The minimum Gasteiger partial charge on any atom is -0.494 e. The van der Waals surface area contributed by atoms with Crippen molar-refractivity contribution < 1.29 is 13.5 Å². The zero-order valence-corrected chi connectivity index (χ0v) is 14.5. The third-order valence-corrected chi connectivity index (χ3v) is 4.70. The number of nitrogens with one attached hydrogen (secondary N) is 2. The molecule has 1 heterocycles. The molecular weight excluding hydrogens is 340 g/mol. The van der Waals surface area contributed by atoms with E-state index < -0.39 is 10.0 Å². The molecule has 0 saturated carbocycles. The maximum absolute atomic E-state index is 11.2. The van der Waals surface area contributed by atoms with E-state index in [2.05, 4.69) is 9.98 Å². The minimum atomic E-state index is -3.98. The number of sulfonamides is 1. The highest BCUT2D eigenvalue weighted by atomic mass is 32.2. The lowest BCUT2D eigenvalue weighted by atomic mass is 10.1. The number of rotatable bonds is 4. The second-order valence-electron chi connectivity index (χ2n) is 5.77. The Bertz CT molecular complexity index is 1050. The van der Waals surface area contributed by atoms with Gasteiger partial charge in [0.15, 0.2) is 5.88 Å². The Hall–Kier alpha value is -2.84. The Labute approximate surface area is 145 Å². The van der Waals surface area contributed by atoms with Crippen molar-refractivity contribution >= 4 is 38.5 Å². The number of H-pyrrole nitrogens is 1. The summed E-state index contributed by atoms with van der Waals surface area (Å²) in [5, 5.41) is 18.0. The average molecular weight is 357 g/mol. The second kappa shape index (κ2) is 6.23. The van der Waals surface area contributed by atoms with Gasteiger partial charge in [-0.25, -0.2) is 8.42 Å². The van der Waals surface area contributed by atoms with Gasteiger partial charge < -0.3 is 15.0 Å². The van der Waals surface area contributed by atoms with Gasteiger partial charge >= 0.3 is 0 Å². The molecule has 3 aromatic rings. The van der Waals surface area contributed by atoms with E-state index in [1.807, 2.05) is 37.2 Å². The number of hydrogen-bond donors (Lipinski definition) is 2. The molecular formula is C17H17N4O3S. The van der Waals surface area contributed by atoms with Crippen molar-refractivity contribution in [3.8, 4) is 5.88 Å². The molecule has 1 aromatic heterocycles. The van der Waals surface area contributed by atoms with Gasteiger partial charge in [-0.3, -0.25) is 4.99 Å². The van der Waals surface area contributed by atoms with Gasteiger partial charge in [-0.05, 0) is 42.5 Å². The number of fused-ring (bicyclic) bond motifs is 1. The van der Waals surface area contributed by atoms with Crippen LogP contribution in [0.15, 0.2) is 52.4 Å². The van der Waals surface area contributed by atoms with Gasteiger partial charge in [0.1, 0.15) is 0 Å². The maximum Gasteiger partial charge on any atom is 0.254 e. The molecule has 0 fully saturated rings. The van der Waals surface area contributed by atoms with E-state index in [-0.39, 0.29) is 10.8 Å². The van der Waals surface area contributed by atoms with Crippen LogP contribution in [-0.4, -0.2) is 38.8 Å². The summed E-state index contributed by atoms with van der Waals surface area (Å²) in [5.74, 6) is 0.0139. The van der Waals surface area contributed by atoms with Crippen LogP contribution in [0.1, 0.15) is 5.56 Å². The summed E-state index contributed by atoms with van der Waals surface area (Å²) in [6.07, 6.45) is 1.53. The monoisotopic (exact) mass is 357 g/mol. The fourth-order valence-corrected chi connectivity index (χ4v) is 2.94. The van der Waals surface area contributed by atoms with Gasteiger partial charge in [0.25, 0.3) is 10.0 Å². The molecule has 3 rings (SSSR count). The van der Waals surface area contributed by atoms with Crippen molar-refractivity contribution in [3.05, 3.63) is 48.0 Å². The lowest BCUT2D eigenvalue weighted by molar-refractivity contribution is 0.457. The number of nitrogens with zero attached hydrogens (tertiary/aromatic N) is 2. The topological polar surface area (TPSA) is 110 Å². The maximum atomic E-state index is 11.2. The highest BCUT2D eigenvalue weighted by Gasteiger charge is 2.11. The Balaban J connectivity index is 1.98. The largest absolute Gasteiger partial charge is 0.494 e. The van der Waals surface area contributed by atoms with E-state index in [1.54, 1.807) is 0 Å². The minimum absolute atomic E-state index is 0.0139. The lowest BCUT2D eigenvalue weighted by Gasteiger charge is -2.11. The smallest absolute Gasteiger partial charge is 0.254 e. The summed E-state index contributed by atoms with van der Waals surface area (Å²) < 4.78 is 22.3. The van der Waals surface area contributed by atoms with E-state index in [0.717, 1.165) is 16.6 Å². The van der Waals surface area contributed by atoms with E-state index in [4.69, 9.17) is 5.14 Å². The first kappa shape index (κ1) is 17.0. The molecule has 0 bridgehead atoms. The molecule has 0 amide bonds. The molecule has 0 aliphatic rings. The number of aliphatic imine (C=N–C) groups is 1. The number of aromatic hydroxyl groups is 1. The van der Waals surface area contributed by atoms with Crippen LogP contribution in [0.4, 0.5) is 11.4 Å². The predicted octanol–water partition coefficient (Wildman–Crippen LogP) is 2.66. The predicted molar refractivity (Wildman–Crippen MR) is 98.3 cm³/mol. The summed E-state index contributed by atoms with van der Waals surface area (Å²) in [4.78, 5) is 9.06. The van der Waals surface area contributed by atoms with E-state index >= 15 is 0 Å². The van der Waals surface area contributed by atoms with E-state index in [0.29, 0.717) is 11.3 Å². The summed E-state index contributed by atoms with van der Waals surface area (Å²) in [6.45, 7) is 0. The van der Waals surface area contributed by atoms with Crippen LogP contribution in [0.3, 0.4) is 0 Å². The van der Waals surface area contributed by atoms with Gasteiger partial charge in [0.2, 0.25) is 0 Å². The number of hydrogen-bond acceptors (Lipinski definition) is 5. The van der Waals surface area contributed by atoms with Gasteiger partial charge in [-0.15, -0.1) is 5.14 Å². The van der Waals surface area contributed by atoms with Crippen molar-refractivity contribution in [2.45, 2.75) is 4.90 Å². The summed E-state index contributed by atoms with van der Waals surface area (Å²) in [7, 11) is -0.110. The Morgan fingerprint density at radius 2 is 1.84 bits per heavy atom. The third kappa shape index (κ3) is 3.49. The van der Waals surface area contributed by atoms with Crippen LogP contribution in [0.2, 0.25) is 0 Å². The average Bonchev–Trinajstić information content (AvgIpc) is 2.87. The summed E-state index contributed by atoms with van der Waals surface area (Å²) in [5.41, 5.74) is 2.85. The number of aromatic nitrogens is 1. The van der Waals surface area contributed by atoms with E-state index in [9.17, 15) is 13.5 Å². The number of benzene rings is 2. The van der Waals surface area contributed by atoms with Crippen molar-refractivity contribution in [1.82, 2.24) is 10.1 Å². The molecule has 2 aromatic carbocycles. The first-order valence-electron chi connectivity index (χ1n) is 7.41. The molecule has 25 heavy (non-hydrogen) atoms. The van der Waals surface area contributed by atoms with Crippen LogP contribution >= 0.6 is 0 Å². The van der Waals surface area contributed by atoms with Crippen molar-refractivity contribution in [1.29, 1.82) is 0 Å². The zero-order valence-electron chi connectivity index (χ0n) is 13.7. The second-order valence-corrected chi connectivity index (χ2v) is 7.25. The molecule has 3 N–H and O–H groups in total. The first-order valence-corrected chi connectivity index (χ1v) is 8.90. The molecule has 1 radical (unpaired) electrons. The molecule has 0 aliphatic carbocycles. The lowest BCUT2D eigenvalue weighted by Crippen LogP contribution is -2.08. The number of anilines is 1. The molecule has 8 heteroatoms. The molecule has 129 valence electrons. The van der Waals surface area contributed by atoms with Gasteiger partial charge in [0.05, 0.1) is 16.1 Å². The summed E-state index contributed by atoms with van der Waals surface area (Å²) in [6, 6.07) is 11.4. The van der Waals surface area contributed by atoms with Gasteiger partial charge in [-0.2, -0.15) is 0 Å². The molecule has 0 atom stereocenters. The van der Waals surface area contributed by atoms with Gasteiger partial charge in [-0.1, -0.05) is 0 Å². The van der Waals surface area contributed by atoms with Crippen molar-refractivity contribution in [2.75, 3.05) is 19.0 Å². The van der Waals surface area contributed by atoms with Crippen molar-refractivity contribution in [2.24, 2.45) is 4.99 Å². The fourth-order valence-electron chi connectivity index (χ4n) is 2.45. The fraction of sp³-hybridized carbons (Fsp3) is 0.118. The van der Waals surface area contributed by atoms with Crippen LogP contribution in [0, 0.1) is 0 Å². The van der Waals surface area contributed by atoms with E-state index in [1.165, 1.54) is 30.5 Å². The first-order chi connectivity index (χ1) is 11.8.